The minimum absolute atomic E-state index is 0.590. The molecule has 0 saturated carbocycles. The molecule has 0 spiro atoms. The number of aromatic nitrogens is 7. The summed E-state index contributed by atoms with van der Waals surface area (Å²) < 4.78 is 0. The van der Waals surface area contributed by atoms with E-state index < -0.39 is 0 Å². The van der Waals surface area contributed by atoms with Gasteiger partial charge in [-0.2, -0.15) is 0 Å². The predicted octanol–water partition coefficient (Wildman–Crippen LogP) is 9.98. The van der Waals surface area contributed by atoms with Crippen LogP contribution in [0.25, 0.3) is 99.4 Å². The molecule has 10 aromatic rings. The second-order valence-corrected chi connectivity index (χ2v) is 12.3. The highest BCUT2D eigenvalue weighted by atomic mass is 15.0. The van der Waals surface area contributed by atoms with E-state index in [2.05, 4.69) is 48.5 Å². The summed E-state index contributed by atoms with van der Waals surface area (Å²) in [6.07, 6.45) is 1.91. The van der Waals surface area contributed by atoms with Crippen LogP contribution in [0.4, 0.5) is 0 Å². The van der Waals surface area contributed by atoms with Gasteiger partial charge in [-0.25, -0.2) is 29.9 Å². The molecule has 232 valence electrons. The van der Waals surface area contributed by atoms with Crippen LogP contribution in [-0.4, -0.2) is 34.9 Å². The third-order valence-corrected chi connectivity index (χ3v) is 9.11. The molecule has 4 aromatic heterocycles. The smallest absolute Gasteiger partial charge is 0.164 e. The molecule has 10 rings (SSSR count). The maximum Gasteiger partial charge on any atom is 0.164 e. The molecular weight excluding hydrogens is 615 g/mol. The number of rotatable bonds is 2. The van der Waals surface area contributed by atoms with Crippen LogP contribution < -0.4 is 0 Å². The molecule has 4 heterocycles. The van der Waals surface area contributed by atoms with Gasteiger partial charge in [0.2, 0.25) is 0 Å². The number of fused-ring (bicyclic) bond motifs is 15. The molecule has 50 heavy (non-hydrogen) atoms. The lowest BCUT2D eigenvalue weighted by molar-refractivity contribution is 1.18. The van der Waals surface area contributed by atoms with Gasteiger partial charge in [0.15, 0.2) is 34.2 Å². The fraction of sp³-hybridized carbons (Fsp3) is 0. The van der Waals surface area contributed by atoms with E-state index in [1.807, 2.05) is 103 Å². The molecule has 0 amide bonds. The van der Waals surface area contributed by atoms with Crippen molar-refractivity contribution in [3.8, 4) is 22.8 Å². The summed E-state index contributed by atoms with van der Waals surface area (Å²) in [5.74, 6) is 1.23. The first-order valence-electron chi connectivity index (χ1n) is 16.4. The van der Waals surface area contributed by atoms with Crippen molar-refractivity contribution in [1.29, 1.82) is 0 Å². The molecule has 0 radical (unpaired) electrons. The molecule has 7 nitrogen and oxygen atoms in total. The Morgan fingerprint density at radius 1 is 0.300 bits per heavy atom. The lowest BCUT2D eigenvalue weighted by Crippen LogP contribution is -1.95. The number of hydrogen-bond acceptors (Lipinski definition) is 7. The Hall–Kier alpha value is -6.99. The van der Waals surface area contributed by atoms with Gasteiger partial charge in [0.1, 0.15) is 0 Å². The number of benzene rings is 6. The number of nitrogens with zero attached hydrogens (tertiary/aromatic N) is 7. The van der Waals surface area contributed by atoms with E-state index >= 15 is 0 Å². The first-order chi connectivity index (χ1) is 24.7. The Balaban J connectivity index is 1.41. The molecule has 0 aliphatic carbocycles. The van der Waals surface area contributed by atoms with E-state index in [1.165, 1.54) is 0 Å². The fourth-order valence-electron chi connectivity index (χ4n) is 6.56. The van der Waals surface area contributed by atoms with Crippen LogP contribution in [0.3, 0.4) is 0 Å². The summed E-state index contributed by atoms with van der Waals surface area (Å²) in [7, 11) is 0. The van der Waals surface area contributed by atoms with Gasteiger partial charge in [-0.05, 0) is 52.6 Å². The van der Waals surface area contributed by atoms with E-state index in [9.17, 15) is 0 Å². The Bertz CT molecular complexity index is 2830. The Morgan fingerprint density at radius 3 is 1.28 bits per heavy atom. The highest BCUT2D eigenvalue weighted by Gasteiger charge is 2.11. The van der Waals surface area contributed by atoms with Gasteiger partial charge in [-0.1, -0.05) is 109 Å². The Labute approximate surface area is 285 Å². The monoisotopic (exact) mass is 639 g/mol. The van der Waals surface area contributed by atoms with Crippen molar-refractivity contribution in [2.75, 3.05) is 0 Å². The van der Waals surface area contributed by atoms with Crippen molar-refractivity contribution in [2.24, 2.45) is 0 Å². The zero-order valence-electron chi connectivity index (χ0n) is 26.6. The fourth-order valence-corrected chi connectivity index (χ4v) is 6.56. The molecule has 6 aromatic carbocycles. The first-order valence-corrected chi connectivity index (χ1v) is 16.4. The summed E-state index contributed by atoms with van der Waals surface area (Å²) in [6, 6.07) is 49.2. The molecule has 0 saturated heterocycles. The molecule has 0 unspecified atom stereocenters. The average molecular weight is 640 g/mol. The van der Waals surface area contributed by atoms with Crippen molar-refractivity contribution in [1.82, 2.24) is 34.9 Å². The molecule has 0 fully saturated rings. The van der Waals surface area contributed by atoms with Crippen molar-refractivity contribution in [3.63, 3.8) is 0 Å². The molecule has 7 heteroatoms. The molecule has 0 aliphatic rings. The van der Waals surface area contributed by atoms with Gasteiger partial charge in [0.05, 0.1) is 5.52 Å². The lowest BCUT2D eigenvalue weighted by Gasteiger charge is -2.07. The van der Waals surface area contributed by atoms with Gasteiger partial charge in [0.25, 0.3) is 0 Å². The Kier molecular flexibility index (Phi) is 6.35. The summed E-state index contributed by atoms with van der Waals surface area (Å²) >= 11 is 0. The van der Waals surface area contributed by atoms with Crippen LogP contribution in [0.2, 0.25) is 0 Å². The van der Waals surface area contributed by atoms with Gasteiger partial charge < -0.3 is 0 Å². The van der Waals surface area contributed by atoms with Crippen molar-refractivity contribution >= 4 is 76.6 Å². The zero-order chi connectivity index (χ0) is 33.0. The van der Waals surface area contributed by atoms with E-state index in [4.69, 9.17) is 34.9 Å². The van der Waals surface area contributed by atoms with E-state index in [0.717, 1.165) is 65.1 Å². The summed E-state index contributed by atoms with van der Waals surface area (Å²) in [6.45, 7) is 0. The molecule has 0 aliphatic heterocycles. The third kappa shape index (κ3) is 4.88. The highest BCUT2D eigenvalue weighted by Crippen LogP contribution is 2.30. The second kappa shape index (κ2) is 11.3. The predicted molar refractivity (Wildman–Crippen MR) is 202 cm³/mol. The normalized spacial score (nSPS) is 11.6. The summed E-state index contributed by atoms with van der Waals surface area (Å²) in [4.78, 5) is 34.9. The maximum absolute atomic E-state index is 5.07. The molecular formula is C43H25N7. The van der Waals surface area contributed by atoms with Gasteiger partial charge in [0, 0.05) is 49.6 Å². The largest absolute Gasteiger partial charge is 0.256 e. The van der Waals surface area contributed by atoms with Crippen LogP contribution in [0.5, 0.6) is 0 Å². The number of hydrogen-bond donors (Lipinski definition) is 0. The molecule has 0 atom stereocenters. The number of pyridine rings is 1. The average Bonchev–Trinajstić information content (AvgIpc) is 3.20. The van der Waals surface area contributed by atoms with Crippen molar-refractivity contribution < 1.29 is 0 Å². The van der Waals surface area contributed by atoms with E-state index in [-0.39, 0.29) is 0 Å². The first kappa shape index (κ1) is 28.1. The van der Waals surface area contributed by atoms with Gasteiger partial charge >= 0.3 is 0 Å². The van der Waals surface area contributed by atoms with Gasteiger partial charge in [-0.3, -0.25) is 4.98 Å². The lowest BCUT2D eigenvalue weighted by atomic mass is 10.0. The summed E-state index contributed by atoms with van der Waals surface area (Å²) in [5, 5.41) is 8.62. The Morgan fingerprint density at radius 2 is 0.740 bits per heavy atom. The minimum Gasteiger partial charge on any atom is -0.256 e. The third-order valence-electron chi connectivity index (χ3n) is 9.11. The second-order valence-electron chi connectivity index (χ2n) is 12.3. The van der Waals surface area contributed by atoms with Crippen LogP contribution in [-0.2, 0) is 0 Å². The maximum atomic E-state index is 5.07. The topological polar surface area (TPSA) is 90.2 Å². The van der Waals surface area contributed by atoms with Crippen molar-refractivity contribution in [2.45, 2.75) is 0 Å². The van der Waals surface area contributed by atoms with E-state index in [1.54, 1.807) is 0 Å². The van der Waals surface area contributed by atoms with Crippen LogP contribution >= 0.6 is 0 Å². The summed E-state index contributed by atoms with van der Waals surface area (Å²) in [5.41, 5.74) is 5.10. The van der Waals surface area contributed by atoms with Crippen LogP contribution in [0.1, 0.15) is 0 Å². The van der Waals surface area contributed by atoms with Crippen molar-refractivity contribution in [3.05, 3.63) is 152 Å². The van der Waals surface area contributed by atoms with Crippen LogP contribution in [0, 0.1) is 0 Å². The zero-order valence-corrected chi connectivity index (χ0v) is 26.6. The quantitative estimate of drug-likeness (QED) is 0.174. The standard InChI is InChI=1S/C43H25N7/c1-3-9-26(10-4-1)38-45-40-30-15-7-13-28(21-30)29-14-8-16-31(22-29)41-46-39(27-11-5-2-6-12-27)48-43(50-41)33-19-20-37-36(24-33)35-23-32(42(47-38)49-40)17-18-34(35)25-44-37/h1-25H. The molecule has 12 bridgehead atoms. The van der Waals surface area contributed by atoms with E-state index in [0.29, 0.717) is 34.2 Å². The molecule has 0 N–H and O–H groups in total. The minimum atomic E-state index is 0.590. The highest BCUT2D eigenvalue weighted by molar-refractivity contribution is 6.10. The van der Waals surface area contributed by atoms with Crippen LogP contribution in [0.15, 0.2) is 152 Å². The SMILES string of the molecule is c1ccc(-c2nc3nc(n2)c2ccc4cnc5ccc(cc5c4c2)c2nc(-c4ccccc4)nc(n2)c2cccc(c2)c2cccc3c2)cc1. The van der Waals surface area contributed by atoms with Gasteiger partial charge in [-0.15, -0.1) is 0 Å².